The van der Waals surface area contributed by atoms with Gasteiger partial charge >= 0.3 is 0 Å². The second-order valence-electron chi connectivity index (χ2n) is 0.0583. The monoisotopic (exact) mass is 326 g/mol. The van der Waals surface area contributed by atoms with Crippen molar-refractivity contribution in [3.05, 3.63) is 0 Å². The average molecular weight is 326 g/mol. The van der Waals surface area contributed by atoms with Crippen molar-refractivity contribution in [3.8, 4) is 0 Å². The summed E-state index contributed by atoms with van der Waals surface area (Å²) in [4.78, 5) is 0. The summed E-state index contributed by atoms with van der Waals surface area (Å²) in [5.74, 6) is 0. The second-order valence-corrected chi connectivity index (χ2v) is 2.62. The molecule has 0 fully saturated rings. The Bertz CT molecular complexity index is 6.00. The zero-order valence-electron chi connectivity index (χ0n) is 1.52. The normalized spacial score (nSPS) is 4.50. The van der Waals surface area contributed by atoms with E-state index in [9.17, 15) is 0 Å². The van der Waals surface area contributed by atoms with Crippen LogP contribution in [-0.4, -0.2) is 0 Å². The standard InChI is InChI=1S/Fe.I2O/c;1-3-2. The molecule has 0 N–H and O–H groups in total. The number of rotatable bonds is 0. The van der Waals surface area contributed by atoms with Gasteiger partial charge in [-0.05, 0) is 0 Å². The molecule has 0 bridgehead atoms. The fraction of sp³-hybridized carbons (Fsp3) is 0. The Labute approximate surface area is 63.7 Å². The van der Waals surface area contributed by atoms with Crippen molar-refractivity contribution >= 4 is 46.0 Å². The fourth-order valence-corrected chi connectivity index (χ4v) is 0. The van der Waals surface area contributed by atoms with E-state index in [1.807, 2.05) is 0 Å². The minimum absolute atomic E-state index is 0. The molecule has 28 valence electrons. The van der Waals surface area contributed by atoms with Gasteiger partial charge in [0.25, 0.3) is 0 Å². The van der Waals surface area contributed by atoms with Gasteiger partial charge in [-0.25, -0.2) is 1.40 Å². The molecule has 0 unspecified atom stereocenters. The molecule has 0 aliphatic rings. The topological polar surface area (TPSA) is 9.23 Å². The summed E-state index contributed by atoms with van der Waals surface area (Å²) >= 11 is 3.55. The smallest absolute Gasteiger partial charge is 0.124 e. The van der Waals surface area contributed by atoms with E-state index in [0.29, 0.717) is 0 Å². The quantitative estimate of drug-likeness (QED) is 0.487. The largest absolute Gasteiger partial charge is 0.247 e. The van der Waals surface area contributed by atoms with Gasteiger partial charge in [0.15, 0.2) is 0 Å². The molecule has 0 saturated heterocycles. The summed E-state index contributed by atoms with van der Waals surface area (Å²) in [5, 5.41) is 0. The molecule has 0 spiro atoms. The van der Waals surface area contributed by atoms with Gasteiger partial charge in [-0.2, -0.15) is 0 Å². The van der Waals surface area contributed by atoms with Crippen molar-refractivity contribution < 1.29 is 18.5 Å². The van der Waals surface area contributed by atoms with E-state index in [-0.39, 0.29) is 17.1 Å². The van der Waals surface area contributed by atoms with Crippen molar-refractivity contribution in [2.24, 2.45) is 0 Å². The Kier molecular flexibility index (Phi) is 20.7. The van der Waals surface area contributed by atoms with Crippen molar-refractivity contribution in [3.63, 3.8) is 0 Å². The molecule has 0 atom stereocenters. The van der Waals surface area contributed by atoms with Crippen molar-refractivity contribution in [2.75, 3.05) is 0 Å². The molecule has 4 heteroatoms. The first-order valence-electron chi connectivity index (χ1n) is 0.309. The van der Waals surface area contributed by atoms with Crippen molar-refractivity contribution in [1.29, 1.82) is 0 Å². The summed E-state index contributed by atoms with van der Waals surface area (Å²) in [7, 11) is 0. The van der Waals surface area contributed by atoms with E-state index in [0.717, 1.165) is 0 Å². The van der Waals surface area contributed by atoms with Crippen LogP contribution in [0, 0.1) is 0 Å². The Morgan fingerprint density at radius 1 is 1.25 bits per heavy atom. The van der Waals surface area contributed by atoms with E-state index in [4.69, 9.17) is 0 Å². The van der Waals surface area contributed by atoms with Gasteiger partial charge < -0.3 is 0 Å². The Morgan fingerprint density at radius 2 is 1.25 bits per heavy atom. The summed E-state index contributed by atoms with van der Waals surface area (Å²) in [6.45, 7) is 0. The first-order valence-corrected chi connectivity index (χ1v) is 2.07. The molecule has 1 nitrogen and oxygen atoms in total. The van der Waals surface area contributed by atoms with Crippen LogP contribution < -0.4 is 0 Å². The van der Waals surface area contributed by atoms with Gasteiger partial charge in [-0.15, -0.1) is 0 Å². The molecule has 0 aromatic carbocycles. The minimum atomic E-state index is 0. The van der Waals surface area contributed by atoms with Crippen LogP contribution in [0.15, 0.2) is 0 Å². The molecule has 0 aliphatic heterocycles. The third-order valence-corrected chi connectivity index (χ3v) is 0. The molecular formula is FeI2O. The molecule has 0 aliphatic carbocycles. The van der Waals surface area contributed by atoms with Gasteiger partial charge in [0, 0.05) is 17.1 Å². The molecule has 0 rings (SSSR count). The summed E-state index contributed by atoms with van der Waals surface area (Å²) < 4.78 is 4.19. The van der Waals surface area contributed by atoms with Gasteiger partial charge in [0.2, 0.25) is 0 Å². The van der Waals surface area contributed by atoms with Crippen LogP contribution in [0.3, 0.4) is 0 Å². The fourth-order valence-electron chi connectivity index (χ4n) is 0. The van der Waals surface area contributed by atoms with Gasteiger partial charge in [-0.1, -0.05) is 0 Å². The van der Waals surface area contributed by atoms with Crippen molar-refractivity contribution in [2.45, 2.75) is 0 Å². The molecule has 0 heterocycles. The molecule has 4 heavy (non-hydrogen) atoms. The van der Waals surface area contributed by atoms with Crippen LogP contribution in [0.25, 0.3) is 0 Å². The summed E-state index contributed by atoms with van der Waals surface area (Å²) in [5.41, 5.74) is 0. The molecule has 0 radical (unpaired) electrons. The first-order chi connectivity index (χ1) is 1.41. The van der Waals surface area contributed by atoms with Crippen LogP contribution in [0.1, 0.15) is 0 Å². The van der Waals surface area contributed by atoms with Gasteiger partial charge in [0.05, 0.1) is 0 Å². The maximum absolute atomic E-state index is 4.19. The maximum atomic E-state index is 4.19. The Morgan fingerprint density at radius 3 is 1.25 bits per heavy atom. The number of hydrogen-bond donors (Lipinski definition) is 0. The summed E-state index contributed by atoms with van der Waals surface area (Å²) in [6, 6.07) is 0. The predicted octanol–water partition coefficient (Wildman–Crippen LogP) is 1.70. The molecular weight excluding hydrogens is 326 g/mol. The van der Waals surface area contributed by atoms with Gasteiger partial charge in [0.1, 0.15) is 46.0 Å². The first kappa shape index (κ1) is 9.34. The SMILES string of the molecule is IOI.[Fe]. The zero-order valence-corrected chi connectivity index (χ0v) is 6.94. The Hall–Kier alpha value is 1.94. The van der Waals surface area contributed by atoms with E-state index in [1.165, 1.54) is 0 Å². The summed E-state index contributed by atoms with van der Waals surface area (Å²) in [6.07, 6.45) is 0. The van der Waals surface area contributed by atoms with E-state index < -0.39 is 0 Å². The van der Waals surface area contributed by atoms with Gasteiger partial charge in [-0.3, -0.25) is 0 Å². The maximum Gasteiger partial charge on any atom is 0.124 e. The average Bonchev–Trinajstić information content (AvgIpc) is 0.918. The third kappa shape index (κ3) is 9.05. The Balaban J connectivity index is 0. The number of halogens is 2. The van der Waals surface area contributed by atoms with E-state index >= 15 is 0 Å². The van der Waals surface area contributed by atoms with Crippen LogP contribution in [0.5, 0.6) is 0 Å². The predicted molar refractivity (Wildman–Crippen MR) is 29.1 cm³/mol. The van der Waals surface area contributed by atoms with Crippen LogP contribution in [0.2, 0.25) is 0 Å². The molecule has 0 saturated carbocycles. The second kappa shape index (κ2) is 8.87. The minimum Gasteiger partial charge on any atom is -0.247 e. The van der Waals surface area contributed by atoms with Crippen LogP contribution in [0.4, 0.5) is 0 Å². The van der Waals surface area contributed by atoms with Crippen LogP contribution in [-0.2, 0) is 18.5 Å². The molecule has 0 amide bonds. The van der Waals surface area contributed by atoms with Crippen LogP contribution >= 0.6 is 46.0 Å². The molecule has 0 aromatic rings. The third-order valence-electron chi connectivity index (χ3n) is 0. The van der Waals surface area contributed by atoms with E-state index in [1.54, 1.807) is 46.0 Å². The number of hydrogen-bond acceptors (Lipinski definition) is 1. The van der Waals surface area contributed by atoms with Crippen molar-refractivity contribution in [1.82, 2.24) is 0 Å². The zero-order chi connectivity index (χ0) is 2.71. The van der Waals surface area contributed by atoms with E-state index in [2.05, 4.69) is 1.40 Å². The molecule has 0 aromatic heterocycles.